The molecule has 1 aromatic carbocycles. The molecule has 2 heterocycles. The Morgan fingerprint density at radius 2 is 1.83 bits per heavy atom. The van der Waals surface area contributed by atoms with Crippen molar-refractivity contribution in [3.8, 4) is 0 Å². The number of nitrogens with one attached hydrogen (secondary N) is 1. The number of carbonyl (C=O) groups is 2. The monoisotopic (exact) mass is 544 g/mol. The number of alkyl halides is 3. The third-order valence-electron chi connectivity index (χ3n) is 6.66. The zero-order valence-electron chi connectivity index (χ0n) is 19.4. The largest absolute Gasteiger partial charge is 0.416 e. The summed E-state index contributed by atoms with van der Waals surface area (Å²) in [6, 6.07) is 2.42. The van der Waals surface area contributed by atoms with Crippen molar-refractivity contribution in [2.75, 3.05) is 25.0 Å². The van der Waals surface area contributed by atoms with Crippen molar-refractivity contribution in [2.45, 2.75) is 55.6 Å². The molecule has 0 radical (unpaired) electrons. The first-order valence-electron chi connectivity index (χ1n) is 11.7. The number of aromatic nitrogens is 1. The Labute approximate surface area is 211 Å². The smallest absolute Gasteiger partial charge is 0.328 e. The van der Waals surface area contributed by atoms with Crippen LogP contribution in [-0.2, 0) is 25.8 Å². The van der Waals surface area contributed by atoms with Crippen molar-refractivity contribution < 1.29 is 31.2 Å². The maximum atomic E-state index is 13.2. The number of rotatable bonds is 7. The Bertz CT molecular complexity index is 1160. The van der Waals surface area contributed by atoms with E-state index in [4.69, 9.17) is 0 Å². The normalized spacial score (nSPS) is 19.3. The lowest BCUT2D eigenvalue weighted by molar-refractivity contribution is -0.142. The van der Waals surface area contributed by atoms with Crippen molar-refractivity contribution in [1.29, 1.82) is 0 Å². The predicted molar refractivity (Wildman–Crippen MR) is 128 cm³/mol. The van der Waals surface area contributed by atoms with Gasteiger partial charge < -0.3 is 10.2 Å². The molecule has 1 N–H and O–H groups in total. The Balaban J connectivity index is 1.49. The van der Waals surface area contributed by atoms with Crippen LogP contribution in [0.25, 0.3) is 0 Å². The first-order chi connectivity index (χ1) is 17.1. The average molecular weight is 545 g/mol. The van der Waals surface area contributed by atoms with Gasteiger partial charge in [-0.25, -0.2) is 13.4 Å². The first kappa shape index (κ1) is 26.6. The summed E-state index contributed by atoms with van der Waals surface area (Å²) in [6.45, 7) is -0.558. The van der Waals surface area contributed by atoms with Gasteiger partial charge in [-0.2, -0.15) is 17.5 Å². The van der Waals surface area contributed by atoms with Crippen molar-refractivity contribution in [3.05, 3.63) is 41.4 Å². The summed E-state index contributed by atoms with van der Waals surface area (Å²) < 4.78 is 65.5. The van der Waals surface area contributed by atoms with Crippen LogP contribution in [0.15, 0.2) is 40.7 Å². The minimum absolute atomic E-state index is 0.00136. The van der Waals surface area contributed by atoms with Gasteiger partial charge in [0.15, 0.2) is 5.13 Å². The molecule has 4 rings (SSSR count). The maximum absolute atomic E-state index is 13.2. The van der Waals surface area contributed by atoms with Crippen LogP contribution < -0.4 is 5.32 Å². The predicted octanol–water partition coefficient (Wildman–Crippen LogP) is 3.97. The summed E-state index contributed by atoms with van der Waals surface area (Å²) in [6.07, 6.45) is 2.68. The number of nitrogens with zero attached hydrogens (tertiary/aromatic N) is 3. The van der Waals surface area contributed by atoms with Crippen LogP contribution in [0.3, 0.4) is 0 Å². The van der Waals surface area contributed by atoms with E-state index in [9.17, 15) is 31.2 Å². The third-order valence-corrected chi connectivity index (χ3v) is 9.21. The first-order valence-corrected chi connectivity index (χ1v) is 14.0. The van der Waals surface area contributed by atoms with E-state index < -0.39 is 40.3 Å². The molecular weight excluding hydrogens is 517 g/mol. The molecule has 1 saturated heterocycles. The molecule has 8 nitrogen and oxygen atoms in total. The molecule has 1 aromatic heterocycles. The lowest BCUT2D eigenvalue weighted by Gasteiger charge is -2.39. The summed E-state index contributed by atoms with van der Waals surface area (Å²) in [4.78, 5) is 31.5. The van der Waals surface area contributed by atoms with Gasteiger partial charge in [-0.1, -0.05) is 32.1 Å². The fourth-order valence-corrected chi connectivity index (χ4v) is 6.67. The summed E-state index contributed by atoms with van der Waals surface area (Å²) in [5.74, 6) is -0.595. The topological polar surface area (TPSA) is 99.7 Å². The molecule has 0 bridgehead atoms. The molecule has 196 valence electrons. The van der Waals surface area contributed by atoms with Crippen LogP contribution in [0.4, 0.5) is 18.3 Å². The fourth-order valence-electron chi connectivity index (χ4n) is 4.75. The number of benzene rings is 1. The minimum Gasteiger partial charge on any atom is -0.328 e. The lowest BCUT2D eigenvalue weighted by Crippen LogP contribution is -2.58. The Morgan fingerprint density at radius 1 is 1.14 bits per heavy atom. The molecule has 2 amide bonds. The van der Waals surface area contributed by atoms with Gasteiger partial charge in [0.1, 0.15) is 6.04 Å². The highest BCUT2D eigenvalue weighted by molar-refractivity contribution is 7.89. The molecule has 13 heteroatoms. The number of carbonyl (C=O) groups excluding carboxylic acids is 2. The second kappa shape index (κ2) is 10.9. The molecule has 36 heavy (non-hydrogen) atoms. The van der Waals surface area contributed by atoms with Crippen LogP contribution in [0.5, 0.6) is 0 Å². The van der Waals surface area contributed by atoms with E-state index in [0.29, 0.717) is 23.7 Å². The maximum Gasteiger partial charge on any atom is 0.416 e. The quantitative estimate of drug-likeness (QED) is 0.569. The molecule has 1 aliphatic heterocycles. The van der Waals surface area contributed by atoms with Crippen molar-refractivity contribution >= 4 is 38.3 Å². The van der Waals surface area contributed by atoms with Gasteiger partial charge in [0, 0.05) is 24.7 Å². The van der Waals surface area contributed by atoms with Gasteiger partial charge in [-0.05, 0) is 36.6 Å². The van der Waals surface area contributed by atoms with Gasteiger partial charge in [-0.15, -0.1) is 11.3 Å². The van der Waals surface area contributed by atoms with E-state index in [1.807, 2.05) is 0 Å². The number of amides is 2. The number of hydrogen-bond donors (Lipinski definition) is 1. The molecule has 1 atom stereocenters. The molecule has 1 aliphatic carbocycles. The van der Waals surface area contributed by atoms with Crippen LogP contribution in [0, 0.1) is 5.92 Å². The summed E-state index contributed by atoms with van der Waals surface area (Å²) in [5.41, 5.74) is -0.959. The van der Waals surface area contributed by atoms with E-state index >= 15 is 0 Å². The zero-order chi connectivity index (χ0) is 25.9. The molecule has 2 aromatic rings. The van der Waals surface area contributed by atoms with Crippen LogP contribution >= 0.6 is 11.3 Å². The van der Waals surface area contributed by atoms with Gasteiger partial charge in [0.05, 0.1) is 17.0 Å². The Hall–Kier alpha value is -2.51. The van der Waals surface area contributed by atoms with E-state index in [2.05, 4.69) is 10.3 Å². The van der Waals surface area contributed by atoms with Crippen molar-refractivity contribution in [3.63, 3.8) is 0 Å². The Morgan fingerprint density at radius 3 is 2.42 bits per heavy atom. The second-order valence-corrected chi connectivity index (χ2v) is 11.9. The fraction of sp³-hybridized carbons (Fsp3) is 0.522. The zero-order valence-corrected chi connectivity index (χ0v) is 21.0. The van der Waals surface area contributed by atoms with Crippen LogP contribution in [0.2, 0.25) is 0 Å². The highest BCUT2D eigenvalue weighted by atomic mass is 32.2. The molecule has 0 unspecified atom stereocenters. The number of anilines is 1. The third kappa shape index (κ3) is 6.06. The molecular formula is C23H27F3N4O4S2. The molecule has 1 saturated carbocycles. The van der Waals surface area contributed by atoms with Gasteiger partial charge in [0.25, 0.3) is 0 Å². The molecule has 2 fully saturated rings. The lowest BCUT2D eigenvalue weighted by atomic mass is 9.84. The number of hydrogen-bond acceptors (Lipinski definition) is 6. The highest BCUT2D eigenvalue weighted by Crippen LogP contribution is 2.32. The molecule has 0 spiro atoms. The number of sulfonamides is 1. The summed E-state index contributed by atoms with van der Waals surface area (Å²) in [5, 5.41) is 4.91. The number of piperazine rings is 1. The standard InChI is InChI=1S/C23H27F3N4O4S2/c24-23(25,26)17-6-8-18(9-7-17)36(33,34)29-11-12-30(20(31)15-29)19(14-16-4-2-1-3-5-16)21(32)28-22-27-10-13-35-22/h6-10,13,16,19H,1-5,11-12,14-15H2,(H,27,28,32)/t19-/m0/s1. The average Bonchev–Trinajstić information content (AvgIpc) is 3.36. The Kier molecular flexibility index (Phi) is 8.00. The van der Waals surface area contributed by atoms with E-state index in [1.54, 1.807) is 11.6 Å². The number of thiazole rings is 1. The van der Waals surface area contributed by atoms with E-state index in [1.165, 1.54) is 16.2 Å². The van der Waals surface area contributed by atoms with Crippen LogP contribution in [-0.4, -0.2) is 60.1 Å². The van der Waals surface area contributed by atoms with Gasteiger partial charge >= 0.3 is 6.18 Å². The summed E-state index contributed by atoms with van der Waals surface area (Å²) in [7, 11) is -4.19. The van der Waals surface area contributed by atoms with Crippen molar-refractivity contribution in [2.24, 2.45) is 5.92 Å². The SMILES string of the molecule is O=C(Nc1nccs1)[C@H](CC1CCCCC1)N1CCN(S(=O)(=O)c2ccc(C(F)(F)F)cc2)CC1=O. The van der Waals surface area contributed by atoms with E-state index in [-0.39, 0.29) is 29.8 Å². The van der Waals surface area contributed by atoms with Gasteiger partial charge in [0.2, 0.25) is 21.8 Å². The van der Waals surface area contributed by atoms with Crippen molar-refractivity contribution in [1.82, 2.24) is 14.2 Å². The van der Waals surface area contributed by atoms with Gasteiger partial charge in [-0.3, -0.25) is 9.59 Å². The summed E-state index contributed by atoms with van der Waals surface area (Å²) >= 11 is 1.26. The number of halogens is 3. The van der Waals surface area contributed by atoms with Crippen LogP contribution in [0.1, 0.15) is 44.1 Å². The minimum atomic E-state index is -4.59. The highest BCUT2D eigenvalue weighted by Gasteiger charge is 2.39. The van der Waals surface area contributed by atoms with E-state index in [0.717, 1.165) is 48.5 Å². The second-order valence-electron chi connectivity index (χ2n) is 9.03. The molecule has 2 aliphatic rings.